The molecule has 0 amide bonds. The molecule has 1 aromatic heterocycles. The van der Waals surface area contributed by atoms with Crippen LogP contribution in [0.2, 0.25) is 5.02 Å². The van der Waals surface area contributed by atoms with Gasteiger partial charge in [-0.05, 0) is 26.7 Å². The number of ether oxygens (including phenoxy) is 1. The average molecular weight is 244 g/mol. The summed E-state index contributed by atoms with van der Waals surface area (Å²) in [6, 6.07) is 0.318. The Kier molecular flexibility index (Phi) is 3.52. The maximum absolute atomic E-state index is 6.18. The first-order valence-corrected chi connectivity index (χ1v) is 6.08. The van der Waals surface area contributed by atoms with E-state index in [4.69, 9.17) is 22.1 Å². The summed E-state index contributed by atoms with van der Waals surface area (Å²) < 4.78 is 7.64. The summed E-state index contributed by atoms with van der Waals surface area (Å²) in [6.07, 6.45) is 2.21. The molecule has 1 aromatic rings. The zero-order valence-corrected chi connectivity index (χ0v) is 10.5. The molecule has 1 heterocycles. The standard InChI is InChI=1S/C11H18ClN3O/c1-3-15-10(11(12)7(2)14-15)6-16-9-4-8(13)5-9/h8-9H,3-6,13H2,1-2H3. The number of halogens is 1. The highest BCUT2D eigenvalue weighted by atomic mass is 35.5. The summed E-state index contributed by atoms with van der Waals surface area (Å²) in [4.78, 5) is 0. The minimum atomic E-state index is 0.298. The quantitative estimate of drug-likeness (QED) is 0.879. The van der Waals surface area contributed by atoms with Gasteiger partial charge in [-0.15, -0.1) is 0 Å². The average Bonchev–Trinajstić information content (AvgIpc) is 2.49. The number of nitrogens with zero attached hydrogens (tertiary/aromatic N) is 2. The molecule has 2 rings (SSSR count). The van der Waals surface area contributed by atoms with Crippen molar-refractivity contribution < 1.29 is 4.74 Å². The van der Waals surface area contributed by atoms with Gasteiger partial charge in [-0.3, -0.25) is 4.68 Å². The highest BCUT2D eigenvalue weighted by Gasteiger charge is 2.27. The number of rotatable bonds is 4. The predicted octanol–water partition coefficient (Wildman–Crippen LogP) is 1.87. The number of aromatic nitrogens is 2. The van der Waals surface area contributed by atoms with Crippen LogP contribution in [0.15, 0.2) is 0 Å². The predicted molar refractivity (Wildman–Crippen MR) is 63.4 cm³/mol. The molecule has 0 radical (unpaired) electrons. The fourth-order valence-electron chi connectivity index (χ4n) is 1.95. The van der Waals surface area contributed by atoms with Crippen molar-refractivity contribution >= 4 is 11.6 Å². The van der Waals surface area contributed by atoms with Crippen LogP contribution in [0, 0.1) is 6.92 Å². The van der Waals surface area contributed by atoms with E-state index in [1.54, 1.807) is 0 Å². The van der Waals surface area contributed by atoms with Gasteiger partial charge in [0.2, 0.25) is 0 Å². The summed E-state index contributed by atoms with van der Waals surface area (Å²) >= 11 is 6.18. The van der Waals surface area contributed by atoms with Crippen molar-refractivity contribution in [3.8, 4) is 0 Å². The zero-order valence-electron chi connectivity index (χ0n) is 9.74. The van der Waals surface area contributed by atoms with Crippen molar-refractivity contribution in [3.05, 3.63) is 16.4 Å². The fraction of sp³-hybridized carbons (Fsp3) is 0.727. The van der Waals surface area contributed by atoms with Crippen LogP contribution in [0.3, 0.4) is 0 Å². The molecule has 2 N–H and O–H groups in total. The van der Waals surface area contributed by atoms with Gasteiger partial charge < -0.3 is 10.5 Å². The van der Waals surface area contributed by atoms with E-state index in [1.807, 2.05) is 18.5 Å². The minimum absolute atomic E-state index is 0.298. The molecule has 0 aliphatic heterocycles. The molecule has 0 unspecified atom stereocenters. The van der Waals surface area contributed by atoms with E-state index in [2.05, 4.69) is 5.10 Å². The lowest BCUT2D eigenvalue weighted by Crippen LogP contribution is -2.41. The lowest BCUT2D eigenvalue weighted by Gasteiger charge is -2.32. The summed E-state index contributed by atoms with van der Waals surface area (Å²) in [6.45, 7) is 5.31. The Labute approximate surface area is 101 Å². The monoisotopic (exact) mass is 243 g/mol. The summed E-state index contributed by atoms with van der Waals surface area (Å²) in [7, 11) is 0. The molecule has 0 bridgehead atoms. The first-order chi connectivity index (χ1) is 7.61. The van der Waals surface area contributed by atoms with Crippen molar-refractivity contribution in [1.82, 2.24) is 9.78 Å². The van der Waals surface area contributed by atoms with E-state index in [0.29, 0.717) is 18.8 Å². The van der Waals surface area contributed by atoms with Crippen molar-refractivity contribution in [2.24, 2.45) is 5.73 Å². The Morgan fingerprint density at radius 1 is 1.56 bits per heavy atom. The van der Waals surface area contributed by atoms with Crippen LogP contribution >= 0.6 is 11.6 Å². The molecule has 1 saturated carbocycles. The Hall–Kier alpha value is -0.580. The van der Waals surface area contributed by atoms with Gasteiger partial charge in [0, 0.05) is 12.6 Å². The van der Waals surface area contributed by atoms with E-state index in [1.165, 1.54) is 0 Å². The van der Waals surface area contributed by atoms with Gasteiger partial charge in [0.05, 0.1) is 29.1 Å². The highest BCUT2D eigenvalue weighted by Crippen LogP contribution is 2.25. The van der Waals surface area contributed by atoms with Gasteiger partial charge >= 0.3 is 0 Å². The van der Waals surface area contributed by atoms with E-state index in [0.717, 1.165) is 35.8 Å². The number of hydrogen-bond donors (Lipinski definition) is 1. The van der Waals surface area contributed by atoms with Crippen molar-refractivity contribution in [2.45, 2.75) is 52.0 Å². The lowest BCUT2D eigenvalue weighted by molar-refractivity contribution is -0.0214. The molecule has 1 aliphatic carbocycles. The van der Waals surface area contributed by atoms with Gasteiger partial charge in [0.15, 0.2) is 0 Å². The molecule has 0 spiro atoms. The van der Waals surface area contributed by atoms with Crippen LogP contribution in [0.25, 0.3) is 0 Å². The number of nitrogens with two attached hydrogens (primary N) is 1. The molecule has 0 saturated heterocycles. The summed E-state index contributed by atoms with van der Waals surface area (Å²) in [5.74, 6) is 0. The molecule has 1 fully saturated rings. The van der Waals surface area contributed by atoms with E-state index >= 15 is 0 Å². The summed E-state index contributed by atoms with van der Waals surface area (Å²) in [5.41, 5.74) is 7.55. The SMILES string of the molecule is CCn1nc(C)c(Cl)c1COC1CC(N)C1. The van der Waals surface area contributed by atoms with E-state index < -0.39 is 0 Å². The van der Waals surface area contributed by atoms with Crippen LogP contribution in [0.5, 0.6) is 0 Å². The molecule has 4 nitrogen and oxygen atoms in total. The first kappa shape index (κ1) is 11.9. The Morgan fingerprint density at radius 2 is 2.25 bits per heavy atom. The Morgan fingerprint density at radius 3 is 2.81 bits per heavy atom. The number of aryl methyl sites for hydroxylation is 2. The molecule has 5 heteroatoms. The van der Waals surface area contributed by atoms with Crippen LogP contribution in [0.4, 0.5) is 0 Å². The smallest absolute Gasteiger partial charge is 0.0903 e. The molecule has 90 valence electrons. The van der Waals surface area contributed by atoms with E-state index in [-0.39, 0.29) is 0 Å². The maximum atomic E-state index is 6.18. The second kappa shape index (κ2) is 4.73. The van der Waals surface area contributed by atoms with Crippen LogP contribution < -0.4 is 5.73 Å². The minimum Gasteiger partial charge on any atom is -0.372 e. The molecular formula is C11H18ClN3O. The molecular weight excluding hydrogens is 226 g/mol. The second-order valence-corrected chi connectivity index (χ2v) is 4.70. The van der Waals surface area contributed by atoms with Gasteiger partial charge in [-0.2, -0.15) is 5.10 Å². The number of hydrogen-bond acceptors (Lipinski definition) is 3. The third kappa shape index (κ3) is 2.24. The van der Waals surface area contributed by atoms with Gasteiger partial charge in [0.25, 0.3) is 0 Å². The third-order valence-electron chi connectivity index (χ3n) is 3.04. The van der Waals surface area contributed by atoms with Crippen LogP contribution in [-0.4, -0.2) is 21.9 Å². The molecule has 1 aliphatic rings. The van der Waals surface area contributed by atoms with Crippen LogP contribution in [0.1, 0.15) is 31.2 Å². The maximum Gasteiger partial charge on any atom is 0.0903 e. The lowest BCUT2D eigenvalue weighted by atomic mass is 9.90. The van der Waals surface area contributed by atoms with E-state index in [9.17, 15) is 0 Å². The van der Waals surface area contributed by atoms with Crippen molar-refractivity contribution in [1.29, 1.82) is 0 Å². The Bertz CT molecular complexity index is 372. The van der Waals surface area contributed by atoms with Gasteiger partial charge in [0.1, 0.15) is 0 Å². The third-order valence-corrected chi connectivity index (χ3v) is 3.53. The molecule has 0 atom stereocenters. The summed E-state index contributed by atoms with van der Waals surface area (Å²) in [5, 5.41) is 5.07. The van der Waals surface area contributed by atoms with Gasteiger partial charge in [-0.25, -0.2) is 0 Å². The topological polar surface area (TPSA) is 53.1 Å². The highest BCUT2D eigenvalue weighted by molar-refractivity contribution is 6.31. The first-order valence-electron chi connectivity index (χ1n) is 5.70. The normalized spacial score (nSPS) is 24.5. The van der Waals surface area contributed by atoms with Gasteiger partial charge in [-0.1, -0.05) is 11.6 Å². The van der Waals surface area contributed by atoms with Crippen molar-refractivity contribution in [3.63, 3.8) is 0 Å². The Balaban J connectivity index is 1.97. The fourth-order valence-corrected chi connectivity index (χ4v) is 2.14. The second-order valence-electron chi connectivity index (χ2n) is 4.33. The van der Waals surface area contributed by atoms with Crippen molar-refractivity contribution in [2.75, 3.05) is 0 Å². The molecule has 0 aromatic carbocycles. The van der Waals surface area contributed by atoms with Crippen LogP contribution in [-0.2, 0) is 17.9 Å². The molecule has 16 heavy (non-hydrogen) atoms. The largest absolute Gasteiger partial charge is 0.372 e. The zero-order chi connectivity index (χ0) is 11.7.